The van der Waals surface area contributed by atoms with E-state index in [0.717, 1.165) is 0 Å². The Kier molecular flexibility index (Phi) is 4.62. The van der Waals surface area contributed by atoms with E-state index in [4.69, 9.17) is 9.26 Å². The van der Waals surface area contributed by atoms with Crippen molar-refractivity contribution in [2.24, 2.45) is 5.92 Å². The van der Waals surface area contributed by atoms with E-state index in [-0.39, 0.29) is 17.6 Å². The summed E-state index contributed by atoms with van der Waals surface area (Å²) in [6.45, 7) is 11.7. The normalized spacial score (nSPS) is 13.9. The number of hydrogen-bond donors (Lipinski definition) is 0. The summed E-state index contributed by atoms with van der Waals surface area (Å²) in [5.41, 5.74) is -0.602. The number of rotatable bonds is 6. The molecule has 0 bridgehead atoms. The Bertz CT molecular complexity index is 410. The minimum atomic E-state index is -0.602. The molecule has 0 saturated heterocycles. The largest absolute Gasteiger partial charge is 0.368 e. The van der Waals surface area contributed by atoms with Gasteiger partial charge in [0.25, 0.3) is 0 Å². The standard InChI is InChI=1S/C13H22N2O3/c1-7-17-13(5,6)12-14-11(18-15-12)10(8(2)3)9(4)16/h8,10H,7H2,1-6H3. The first-order valence-corrected chi connectivity index (χ1v) is 6.28. The lowest BCUT2D eigenvalue weighted by molar-refractivity contribution is -0.119. The molecule has 102 valence electrons. The molecule has 1 atom stereocenters. The molecule has 1 aromatic rings. The van der Waals surface area contributed by atoms with Crippen LogP contribution >= 0.6 is 0 Å². The van der Waals surface area contributed by atoms with Crippen molar-refractivity contribution in [2.45, 2.75) is 53.1 Å². The highest BCUT2D eigenvalue weighted by Crippen LogP contribution is 2.27. The van der Waals surface area contributed by atoms with Crippen LogP contribution < -0.4 is 0 Å². The van der Waals surface area contributed by atoms with E-state index in [1.807, 2.05) is 34.6 Å². The predicted molar refractivity (Wildman–Crippen MR) is 67.2 cm³/mol. The zero-order valence-corrected chi connectivity index (χ0v) is 12.0. The van der Waals surface area contributed by atoms with Gasteiger partial charge in [-0.05, 0) is 33.6 Å². The third-order valence-corrected chi connectivity index (χ3v) is 2.86. The lowest BCUT2D eigenvalue weighted by atomic mass is 9.92. The molecule has 0 spiro atoms. The van der Waals surface area contributed by atoms with Crippen LogP contribution in [0.4, 0.5) is 0 Å². The van der Waals surface area contributed by atoms with Crippen molar-refractivity contribution in [3.05, 3.63) is 11.7 Å². The van der Waals surface area contributed by atoms with Crippen molar-refractivity contribution in [3.8, 4) is 0 Å². The second-order valence-electron chi connectivity index (χ2n) is 5.23. The monoisotopic (exact) mass is 254 g/mol. The molecule has 0 fully saturated rings. The van der Waals surface area contributed by atoms with E-state index in [1.165, 1.54) is 0 Å². The molecule has 5 heteroatoms. The second-order valence-corrected chi connectivity index (χ2v) is 5.23. The Morgan fingerprint density at radius 3 is 2.50 bits per heavy atom. The molecule has 1 unspecified atom stereocenters. The molecule has 1 rings (SSSR count). The van der Waals surface area contributed by atoms with Gasteiger partial charge in [0.1, 0.15) is 11.4 Å². The third-order valence-electron chi connectivity index (χ3n) is 2.86. The van der Waals surface area contributed by atoms with E-state index in [1.54, 1.807) is 6.92 Å². The van der Waals surface area contributed by atoms with Gasteiger partial charge < -0.3 is 9.26 Å². The van der Waals surface area contributed by atoms with Gasteiger partial charge in [0.15, 0.2) is 0 Å². The number of aromatic nitrogens is 2. The van der Waals surface area contributed by atoms with E-state index in [2.05, 4.69) is 10.1 Å². The van der Waals surface area contributed by atoms with Crippen molar-refractivity contribution in [1.29, 1.82) is 0 Å². The summed E-state index contributed by atoms with van der Waals surface area (Å²) in [7, 11) is 0. The lowest BCUT2D eigenvalue weighted by Crippen LogP contribution is -2.23. The molecular weight excluding hydrogens is 232 g/mol. The highest BCUT2D eigenvalue weighted by atomic mass is 16.5. The molecule has 0 aromatic carbocycles. The Morgan fingerprint density at radius 1 is 1.44 bits per heavy atom. The van der Waals surface area contributed by atoms with Crippen molar-refractivity contribution in [2.75, 3.05) is 6.61 Å². The van der Waals surface area contributed by atoms with Gasteiger partial charge >= 0.3 is 0 Å². The summed E-state index contributed by atoms with van der Waals surface area (Å²) < 4.78 is 10.8. The van der Waals surface area contributed by atoms with Crippen LogP contribution in [0.1, 0.15) is 59.2 Å². The van der Waals surface area contributed by atoms with Crippen molar-refractivity contribution >= 4 is 5.78 Å². The fourth-order valence-electron chi connectivity index (χ4n) is 1.96. The maximum atomic E-state index is 11.6. The molecule has 0 N–H and O–H groups in total. The molecule has 0 aliphatic heterocycles. The number of nitrogens with zero attached hydrogens (tertiary/aromatic N) is 2. The van der Waals surface area contributed by atoms with Crippen LogP contribution in [0.15, 0.2) is 4.52 Å². The van der Waals surface area contributed by atoms with Gasteiger partial charge in [-0.25, -0.2) is 0 Å². The van der Waals surface area contributed by atoms with Gasteiger partial charge in [-0.15, -0.1) is 0 Å². The van der Waals surface area contributed by atoms with E-state index in [9.17, 15) is 4.79 Å². The van der Waals surface area contributed by atoms with E-state index >= 15 is 0 Å². The van der Waals surface area contributed by atoms with Gasteiger partial charge in [0.05, 0.1) is 5.92 Å². The van der Waals surface area contributed by atoms with Crippen LogP contribution in [-0.2, 0) is 15.1 Å². The molecule has 1 heterocycles. The zero-order valence-electron chi connectivity index (χ0n) is 12.0. The number of ether oxygens (including phenoxy) is 1. The topological polar surface area (TPSA) is 65.2 Å². The van der Waals surface area contributed by atoms with Crippen molar-refractivity contribution in [3.63, 3.8) is 0 Å². The van der Waals surface area contributed by atoms with Gasteiger partial charge in [0.2, 0.25) is 11.7 Å². The molecule has 1 aromatic heterocycles. The number of Topliss-reactive ketones (excluding diaryl/α,β-unsaturated/α-hetero) is 1. The highest BCUT2D eigenvalue weighted by Gasteiger charge is 2.32. The zero-order chi connectivity index (χ0) is 13.9. The fraction of sp³-hybridized carbons (Fsp3) is 0.769. The third kappa shape index (κ3) is 3.16. The van der Waals surface area contributed by atoms with Crippen LogP contribution in [0.5, 0.6) is 0 Å². The SMILES string of the molecule is CCOC(C)(C)c1noc(C(C(C)=O)C(C)C)n1. The summed E-state index contributed by atoms with van der Waals surface area (Å²) >= 11 is 0. The highest BCUT2D eigenvalue weighted by molar-refractivity contribution is 5.82. The first-order valence-electron chi connectivity index (χ1n) is 6.28. The van der Waals surface area contributed by atoms with Gasteiger partial charge in [-0.3, -0.25) is 4.79 Å². The Morgan fingerprint density at radius 2 is 2.06 bits per heavy atom. The molecule has 5 nitrogen and oxygen atoms in total. The van der Waals surface area contributed by atoms with E-state index < -0.39 is 5.60 Å². The molecule has 0 saturated carbocycles. The molecule has 0 amide bonds. The molecule has 18 heavy (non-hydrogen) atoms. The molecule has 0 aliphatic rings. The number of ketones is 1. The van der Waals surface area contributed by atoms with E-state index in [0.29, 0.717) is 18.3 Å². The summed E-state index contributed by atoms with van der Waals surface area (Å²) in [4.78, 5) is 15.9. The average molecular weight is 254 g/mol. The first-order chi connectivity index (χ1) is 8.29. The fourth-order valence-corrected chi connectivity index (χ4v) is 1.96. The van der Waals surface area contributed by atoms with Crippen molar-refractivity contribution in [1.82, 2.24) is 10.1 Å². The predicted octanol–water partition coefficient (Wildman–Crippen LogP) is 2.67. The Labute approximate surface area is 108 Å². The first kappa shape index (κ1) is 14.8. The minimum absolute atomic E-state index is 0.0365. The summed E-state index contributed by atoms with van der Waals surface area (Å²) in [6, 6.07) is 0. The lowest BCUT2D eigenvalue weighted by Gasteiger charge is -2.20. The maximum absolute atomic E-state index is 11.6. The van der Waals surface area contributed by atoms with Crippen LogP contribution in [0.2, 0.25) is 0 Å². The minimum Gasteiger partial charge on any atom is -0.368 e. The van der Waals surface area contributed by atoms with Gasteiger partial charge in [0, 0.05) is 6.61 Å². The molecule has 0 aliphatic carbocycles. The van der Waals surface area contributed by atoms with Crippen LogP contribution in [0.3, 0.4) is 0 Å². The Hall–Kier alpha value is -1.23. The van der Waals surface area contributed by atoms with Gasteiger partial charge in [-0.2, -0.15) is 4.98 Å². The molecular formula is C13H22N2O3. The second kappa shape index (κ2) is 5.61. The smallest absolute Gasteiger partial charge is 0.237 e. The van der Waals surface area contributed by atoms with Crippen LogP contribution in [0.25, 0.3) is 0 Å². The quantitative estimate of drug-likeness (QED) is 0.780. The Balaban J connectivity index is 3.01. The summed E-state index contributed by atoms with van der Waals surface area (Å²) in [5, 5.41) is 3.93. The number of carbonyl (C=O) groups is 1. The van der Waals surface area contributed by atoms with Crippen molar-refractivity contribution < 1.29 is 14.1 Å². The van der Waals surface area contributed by atoms with Crippen LogP contribution in [0, 0.1) is 5.92 Å². The summed E-state index contributed by atoms with van der Waals surface area (Å²) in [5.74, 6) is 0.677. The maximum Gasteiger partial charge on any atom is 0.237 e. The number of carbonyl (C=O) groups excluding carboxylic acids is 1. The van der Waals surface area contributed by atoms with Crippen LogP contribution in [-0.4, -0.2) is 22.5 Å². The molecule has 0 radical (unpaired) electrons. The average Bonchev–Trinajstić information content (AvgIpc) is 2.66. The van der Waals surface area contributed by atoms with Gasteiger partial charge in [-0.1, -0.05) is 19.0 Å². The summed E-state index contributed by atoms with van der Waals surface area (Å²) in [6.07, 6.45) is 0. The number of hydrogen-bond acceptors (Lipinski definition) is 5.